The van der Waals surface area contributed by atoms with Crippen LogP contribution in [0.25, 0.3) is 4.96 Å². The van der Waals surface area contributed by atoms with Gasteiger partial charge in [-0.05, 0) is 6.92 Å². The van der Waals surface area contributed by atoms with Gasteiger partial charge in [-0.25, -0.2) is 4.98 Å². The Labute approximate surface area is 127 Å². The second-order valence-electron chi connectivity index (χ2n) is 5.12. The zero-order valence-corrected chi connectivity index (χ0v) is 13.0. The summed E-state index contributed by atoms with van der Waals surface area (Å²) >= 11 is 1.64. The molecule has 6 nitrogen and oxygen atoms in total. The Hall–Kier alpha value is -1.44. The summed E-state index contributed by atoms with van der Waals surface area (Å²) in [6.07, 6.45) is 2.57. The molecule has 114 valence electrons. The van der Waals surface area contributed by atoms with E-state index in [9.17, 15) is 4.79 Å². The molecule has 3 heterocycles. The first-order chi connectivity index (χ1) is 10.3. The van der Waals surface area contributed by atoms with E-state index in [-0.39, 0.29) is 5.91 Å². The van der Waals surface area contributed by atoms with E-state index in [0.717, 1.165) is 30.3 Å². The third-order valence-corrected chi connectivity index (χ3v) is 4.49. The first-order valence-corrected chi connectivity index (χ1v) is 8.11. The molecule has 1 fully saturated rings. The van der Waals surface area contributed by atoms with Crippen LogP contribution in [0, 0.1) is 6.92 Å². The number of hydrogen-bond acceptors (Lipinski definition) is 5. The Morgan fingerprint density at radius 3 is 3.10 bits per heavy atom. The van der Waals surface area contributed by atoms with Gasteiger partial charge in [0.15, 0.2) is 4.96 Å². The molecule has 7 heteroatoms. The number of ether oxygens (including phenoxy) is 1. The number of amides is 1. The monoisotopic (exact) mass is 308 g/mol. The van der Waals surface area contributed by atoms with Crippen LogP contribution in [0.2, 0.25) is 0 Å². The van der Waals surface area contributed by atoms with Crippen molar-refractivity contribution < 1.29 is 9.53 Å². The maximum Gasteiger partial charge on any atom is 0.224 e. The Kier molecular flexibility index (Phi) is 4.52. The fourth-order valence-corrected chi connectivity index (χ4v) is 3.31. The molecule has 0 aromatic carbocycles. The number of carbonyl (C=O) groups excluding carboxylic acids is 1. The number of aromatic nitrogens is 2. The summed E-state index contributed by atoms with van der Waals surface area (Å²) in [4.78, 5) is 19.4. The lowest BCUT2D eigenvalue weighted by Gasteiger charge is -2.26. The van der Waals surface area contributed by atoms with Crippen molar-refractivity contribution >= 4 is 22.2 Å². The maximum absolute atomic E-state index is 12.0. The van der Waals surface area contributed by atoms with Crippen molar-refractivity contribution in [2.75, 3.05) is 32.8 Å². The number of aryl methyl sites for hydroxylation is 1. The van der Waals surface area contributed by atoms with Crippen LogP contribution < -0.4 is 5.32 Å². The van der Waals surface area contributed by atoms with Gasteiger partial charge in [0.2, 0.25) is 5.91 Å². The molecule has 0 atom stereocenters. The first kappa shape index (κ1) is 14.5. The number of nitrogens with one attached hydrogen (secondary N) is 1. The number of imidazole rings is 1. The molecule has 3 rings (SSSR count). The van der Waals surface area contributed by atoms with E-state index >= 15 is 0 Å². The van der Waals surface area contributed by atoms with Gasteiger partial charge in [0.25, 0.3) is 0 Å². The average molecular weight is 308 g/mol. The van der Waals surface area contributed by atoms with E-state index in [1.54, 1.807) is 11.3 Å². The Bertz CT molecular complexity index is 616. The molecule has 0 saturated carbocycles. The summed E-state index contributed by atoms with van der Waals surface area (Å²) in [5.41, 5.74) is 2.22. The van der Waals surface area contributed by atoms with Gasteiger partial charge in [-0.1, -0.05) is 0 Å². The molecule has 2 aromatic heterocycles. The molecule has 0 unspecified atom stereocenters. The molecule has 1 saturated heterocycles. The highest BCUT2D eigenvalue weighted by Crippen LogP contribution is 2.16. The van der Waals surface area contributed by atoms with Crippen LogP contribution in [0.1, 0.15) is 17.8 Å². The van der Waals surface area contributed by atoms with Crippen LogP contribution in [0.5, 0.6) is 0 Å². The number of nitrogens with zero attached hydrogens (tertiary/aromatic N) is 3. The summed E-state index contributed by atoms with van der Waals surface area (Å²) in [5.74, 6) is 0.205. The fourth-order valence-electron chi connectivity index (χ4n) is 2.53. The lowest BCUT2D eigenvalue weighted by molar-refractivity contribution is -0.135. The van der Waals surface area contributed by atoms with Crippen molar-refractivity contribution in [3.8, 4) is 0 Å². The van der Waals surface area contributed by atoms with Crippen molar-refractivity contribution in [3.05, 3.63) is 23.0 Å². The zero-order chi connectivity index (χ0) is 14.7. The average Bonchev–Trinajstić information content (AvgIpc) is 3.06. The lowest BCUT2D eigenvalue weighted by atomic mass is 10.3. The number of thiazole rings is 1. The number of hydrogen-bond donors (Lipinski definition) is 1. The molecule has 1 N–H and O–H groups in total. The van der Waals surface area contributed by atoms with E-state index in [1.807, 2.05) is 23.4 Å². The summed E-state index contributed by atoms with van der Waals surface area (Å²) in [7, 11) is 0. The van der Waals surface area contributed by atoms with Crippen molar-refractivity contribution in [2.24, 2.45) is 0 Å². The third kappa shape index (κ3) is 3.25. The second kappa shape index (κ2) is 6.55. The van der Waals surface area contributed by atoms with Gasteiger partial charge in [0.1, 0.15) is 0 Å². The zero-order valence-electron chi connectivity index (χ0n) is 12.2. The van der Waals surface area contributed by atoms with Crippen LogP contribution in [-0.2, 0) is 16.1 Å². The summed E-state index contributed by atoms with van der Waals surface area (Å²) in [6, 6.07) is 0. The Balaban J connectivity index is 1.46. The van der Waals surface area contributed by atoms with Crippen LogP contribution in [0.15, 0.2) is 11.6 Å². The summed E-state index contributed by atoms with van der Waals surface area (Å²) in [5, 5.41) is 5.38. The van der Waals surface area contributed by atoms with Crippen molar-refractivity contribution in [1.82, 2.24) is 19.6 Å². The minimum atomic E-state index is 0.205. The topological polar surface area (TPSA) is 58.9 Å². The maximum atomic E-state index is 12.0. The molecule has 0 spiro atoms. The van der Waals surface area contributed by atoms with Gasteiger partial charge in [-0.2, -0.15) is 0 Å². The minimum Gasteiger partial charge on any atom is -0.378 e. The molecular formula is C14H20N4O2S. The van der Waals surface area contributed by atoms with E-state index in [0.29, 0.717) is 26.2 Å². The molecule has 2 aromatic rings. The Morgan fingerprint density at radius 1 is 1.48 bits per heavy atom. The van der Waals surface area contributed by atoms with Gasteiger partial charge in [-0.3, -0.25) is 9.20 Å². The van der Waals surface area contributed by atoms with E-state index in [4.69, 9.17) is 4.74 Å². The second-order valence-corrected chi connectivity index (χ2v) is 5.99. The lowest BCUT2D eigenvalue weighted by Crippen LogP contribution is -2.41. The highest BCUT2D eigenvalue weighted by atomic mass is 32.1. The highest BCUT2D eigenvalue weighted by molar-refractivity contribution is 7.15. The Morgan fingerprint density at radius 2 is 2.29 bits per heavy atom. The largest absolute Gasteiger partial charge is 0.378 e. The predicted octanol–water partition coefficient (Wildman–Crippen LogP) is 1.04. The fraction of sp³-hybridized carbons (Fsp3) is 0.571. The molecule has 0 radical (unpaired) electrons. The van der Waals surface area contributed by atoms with E-state index in [1.165, 1.54) is 5.69 Å². The highest BCUT2D eigenvalue weighted by Gasteiger charge is 2.16. The normalized spacial score (nSPS) is 15.8. The van der Waals surface area contributed by atoms with Crippen LogP contribution in [-0.4, -0.2) is 53.0 Å². The molecule has 1 aliphatic rings. The van der Waals surface area contributed by atoms with Gasteiger partial charge < -0.3 is 15.0 Å². The smallest absolute Gasteiger partial charge is 0.224 e. The number of rotatable bonds is 5. The number of fused-ring (bicyclic) bond motifs is 1. The van der Waals surface area contributed by atoms with Crippen LogP contribution in [0.3, 0.4) is 0 Å². The summed E-state index contributed by atoms with van der Waals surface area (Å²) in [6.45, 7) is 6.20. The van der Waals surface area contributed by atoms with Gasteiger partial charge in [0, 0.05) is 44.2 Å². The molecular weight excluding hydrogens is 288 g/mol. The van der Waals surface area contributed by atoms with E-state index < -0.39 is 0 Å². The molecule has 1 aliphatic heterocycles. The number of morpholine rings is 1. The van der Waals surface area contributed by atoms with Gasteiger partial charge in [-0.15, -0.1) is 11.3 Å². The molecule has 21 heavy (non-hydrogen) atoms. The first-order valence-electron chi connectivity index (χ1n) is 7.23. The third-order valence-electron chi connectivity index (χ3n) is 3.73. The standard InChI is InChI=1S/C14H20N4O2S/c1-11-12(18-6-9-21-14(18)16-11)10-15-3-2-13(19)17-4-7-20-8-5-17/h6,9,15H,2-5,7-8,10H2,1H3. The van der Waals surface area contributed by atoms with Crippen molar-refractivity contribution in [1.29, 1.82) is 0 Å². The molecule has 0 aliphatic carbocycles. The van der Waals surface area contributed by atoms with Gasteiger partial charge in [0.05, 0.1) is 24.6 Å². The minimum absolute atomic E-state index is 0.205. The van der Waals surface area contributed by atoms with E-state index in [2.05, 4.69) is 14.7 Å². The molecule has 0 bridgehead atoms. The number of carbonyl (C=O) groups is 1. The summed E-state index contributed by atoms with van der Waals surface area (Å²) < 4.78 is 7.36. The quantitative estimate of drug-likeness (QED) is 0.839. The van der Waals surface area contributed by atoms with Crippen molar-refractivity contribution in [3.63, 3.8) is 0 Å². The predicted molar refractivity (Wildman–Crippen MR) is 81.5 cm³/mol. The molecule has 1 amide bonds. The van der Waals surface area contributed by atoms with Crippen LogP contribution >= 0.6 is 11.3 Å². The van der Waals surface area contributed by atoms with Crippen LogP contribution in [0.4, 0.5) is 0 Å². The SMILES string of the molecule is Cc1nc2sccn2c1CNCCC(=O)N1CCOCC1. The van der Waals surface area contributed by atoms with Gasteiger partial charge >= 0.3 is 0 Å². The van der Waals surface area contributed by atoms with Crippen molar-refractivity contribution in [2.45, 2.75) is 19.9 Å².